The lowest BCUT2D eigenvalue weighted by Gasteiger charge is -2.30. The van der Waals surface area contributed by atoms with E-state index >= 15 is 0 Å². The van der Waals surface area contributed by atoms with Gasteiger partial charge in [-0.1, -0.05) is 23.7 Å². The minimum Gasteiger partial charge on any atom is -0.450 e. The molecule has 7 nitrogen and oxygen atoms in total. The van der Waals surface area contributed by atoms with Gasteiger partial charge in [0.25, 0.3) is 0 Å². The largest absolute Gasteiger partial charge is 0.450 e. The van der Waals surface area contributed by atoms with Crippen LogP contribution < -0.4 is 5.32 Å². The van der Waals surface area contributed by atoms with Crippen molar-refractivity contribution in [2.45, 2.75) is 44.6 Å². The summed E-state index contributed by atoms with van der Waals surface area (Å²) in [7, 11) is 0. The normalized spacial score (nSPS) is 16.6. The lowest BCUT2D eigenvalue weighted by atomic mass is 9.98. The van der Waals surface area contributed by atoms with Crippen LogP contribution in [0.5, 0.6) is 0 Å². The second-order valence-corrected chi connectivity index (χ2v) is 9.85. The number of halogens is 1. The van der Waals surface area contributed by atoms with Gasteiger partial charge in [0.1, 0.15) is 0 Å². The van der Waals surface area contributed by atoms with E-state index < -0.39 is 0 Å². The zero-order chi connectivity index (χ0) is 22.8. The molecule has 0 bridgehead atoms. The molecule has 2 aromatic heterocycles. The van der Waals surface area contributed by atoms with Gasteiger partial charge in [0.2, 0.25) is 5.95 Å². The van der Waals surface area contributed by atoms with E-state index in [1.165, 1.54) is 0 Å². The molecule has 0 atom stereocenters. The summed E-state index contributed by atoms with van der Waals surface area (Å²) < 4.78 is 5.16. The minimum atomic E-state index is -0.230. The van der Waals surface area contributed by atoms with Gasteiger partial charge >= 0.3 is 6.09 Å². The van der Waals surface area contributed by atoms with Gasteiger partial charge in [-0.3, -0.25) is 0 Å². The highest BCUT2D eigenvalue weighted by Crippen LogP contribution is 2.41. The van der Waals surface area contributed by atoms with Gasteiger partial charge in [0, 0.05) is 41.8 Å². The lowest BCUT2D eigenvalue weighted by Crippen LogP contribution is -2.38. The van der Waals surface area contributed by atoms with Crippen LogP contribution in [0, 0.1) is 0 Å². The minimum absolute atomic E-state index is 0.230. The lowest BCUT2D eigenvalue weighted by molar-refractivity contribution is 0.0970. The Morgan fingerprint density at radius 1 is 1.21 bits per heavy atom. The standard InChI is InChI=1S/C24H26ClN5O2S/c1-2-32-24(31)30-12-9-15(10-13-30)22-29-20(16-4-3-5-17(25)14-16)21(33-22)19-8-11-26-23(28-19)27-18-6-7-18/h3-5,8,11,14-15,18H,2,6-7,9-10,12-13H2,1H3,(H,26,27,28). The number of amides is 1. The van der Waals surface area contributed by atoms with Crippen molar-refractivity contribution in [3.05, 3.63) is 46.6 Å². The fourth-order valence-electron chi connectivity index (χ4n) is 4.01. The molecule has 1 amide bonds. The molecule has 5 rings (SSSR count). The summed E-state index contributed by atoms with van der Waals surface area (Å²) in [4.78, 5) is 29.1. The SMILES string of the molecule is CCOC(=O)N1CCC(c2nc(-c3cccc(Cl)c3)c(-c3ccnc(NC4CC4)n3)s2)CC1. The van der Waals surface area contributed by atoms with Crippen LogP contribution in [-0.2, 0) is 4.74 Å². The van der Waals surface area contributed by atoms with Crippen molar-refractivity contribution in [3.8, 4) is 21.8 Å². The maximum atomic E-state index is 12.1. The summed E-state index contributed by atoms with van der Waals surface area (Å²) in [6.07, 6.45) is 5.61. The molecule has 2 aliphatic rings. The quantitative estimate of drug-likeness (QED) is 0.475. The van der Waals surface area contributed by atoms with E-state index in [0.717, 1.165) is 52.5 Å². The van der Waals surface area contributed by atoms with Gasteiger partial charge in [-0.05, 0) is 50.8 Å². The molecule has 0 unspecified atom stereocenters. The number of hydrogen-bond donors (Lipinski definition) is 1. The van der Waals surface area contributed by atoms with Gasteiger partial charge < -0.3 is 15.0 Å². The summed E-state index contributed by atoms with van der Waals surface area (Å²) >= 11 is 7.98. The van der Waals surface area contributed by atoms with Crippen molar-refractivity contribution in [1.29, 1.82) is 0 Å². The van der Waals surface area contributed by atoms with Crippen LogP contribution in [0.25, 0.3) is 21.8 Å². The Kier molecular flexibility index (Phi) is 6.46. The molecule has 1 aromatic carbocycles. The van der Waals surface area contributed by atoms with Gasteiger partial charge in [0.15, 0.2) is 0 Å². The summed E-state index contributed by atoms with van der Waals surface area (Å²) in [6, 6.07) is 10.2. The molecule has 0 radical (unpaired) electrons. The topological polar surface area (TPSA) is 80.2 Å². The van der Waals surface area contributed by atoms with Gasteiger partial charge in [0.05, 0.1) is 27.9 Å². The summed E-state index contributed by atoms with van der Waals surface area (Å²) in [5.74, 6) is 0.947. The second kappa shape index (κ2) is 9.65. The van der Waals surface area contributed by atoms with Crippen LogP contribution >= 0.6 is 22.9 Å². The number of thiazole rings is 1. The molecule has 2 fully saturated rings. The second-order valence-electron chi connectivity index (χ2n) is 8.38. The number of aromatic nitrogens is 3. The first-order valence-corrected chi connectivity index (χ1v) is 12.6. The fourth-order valence-corrected chi connectivity index (χ4v) is 5.42. The van der Waals surface area contributed by atoms with Crippen molar-refractivity contribution < 1.29 is 9.53 Å². The molecule has 3 heterocycles. The van der Waals surface area contributed by atoms with E-state index in [1.807, 2.05) is 37.3 Å². The highest BCUT2D eigenvalue weighted by molar-refractivity contribution is 7.15. The molecule has 1 aliphatic carbocycles. The van der Waals surface area contributed by atoms with E-state index in [2.05, 4.69) is 10.3 Å². The van der Waals surface area contributed by atoms with Crippen molar-refractivity contribution in [1.82, 2.24) is 19.9 Å². The molecule has 9 heteroatoms. The Bertz CT molecular complexity index is 1140. The van der Waals surface area contributed by atoms with Gasteiger partial charge in [-0.25, -0.2) is 19.7 Å². The monoisotopic (exact) mass is 483 g/mol. The highest BCUT2D eigenvalue weighted by Gasteiger charge is 2.28. The number of ether oxygens (including phenoxy) is 1. The van der Waals surface area contributed by atoms with E-state index in [4.69, 9.17) is 26.3 Å². The van der Waals surface area contributed by atoms with Crippen LogP contribution in [0.2, 0.25) is 5.02 Å². The third kappa shape index (κ3) is 5.12. The van der Waals surface area contributed by atoms with Crippen molar-refractivity contribution in [2.75, 3.05) is 25.0 Å². The van der Waals surface area contributed by atoms with Crippen LogP contribution in [0.3, 0.4) is 0 Å². The molecule has 1 saturated carbocycles. The average Bonchev–Trinajstić information content (AvgIpc) is 3.53. The molecule has 1 aliphatic heterocycles. The third-order valence-electron chi connectivity index (χ3n) is 5.91. The predicted octanol–water partition coefficient (Wildman–Crippen LogP) is 5.83. The fraction of sp³-hybridized carbons (Fsp3) is 0.417. The zero-order valence-electron chi connectivity index (χ0n) is 18.5. The molecule has 3 aromatic rings. The Morgan fingerprint density at radius 2 is 2.03 bits per heavy atom. The van der Waals surface area contributed by atoms with Gasteiger partial charge in [-0.15, -0.1) is 11.3 Å². The number of piperidine rings is 1. The van der Waals surface area contributed by atoms with E-state index in [-0.39, 0.29) is 6.09 Å². The van der Waals surface area contributed by atoms with Crippen molar-refractivity contribution in [3.63, 3.8) is 0 Å². The summed E-state index contributed by atoms with van der Waals surface area (Å²) in [5, 5.41) is 5.13. The Hall–Kier alpha value is -2.71. The van der Waals surface area contributed by atoms with Gasteiger partial charge in [-0.2, -0.15) is 0 Å². The number of likely N-dealkylation sites (tertiary alicyclic amines) is 1. The van der Waals surface area contributed by atoms with E-state index in [0.29, 0.717) is 42.6 Å². The molecule has 0 spiro atoms. The van der Waals surface area contributed by atoms with E-state index in [1.54, 1.807) is 22.4 Å². The Balaban J connectivity index is 1.45. The number of carbonyl (C=O) groups is 1. The zero-order valence-corrected chi connectivity index (χ0v) is 20.0. The molecular formula is C24H26ClN5O2S. The maximum absolute atomic E-state index is 12.1. The molecule has 33 heavy (non-hydrogen) atoms. The number of nitrogens with zero attached hydrogens (tertiary/aromatic N) is 4. The number of nitrogens with one attached hydrogen (secondary N) is 1. The number of hydrogen-bond acceptors (Lipinski definition) is 7. The average molecular weight is 484 g/mol. The highest BCUT2D eigenvalue weighted by atomic mass is 35.5. The van der Waals surface area contributed by atoms with E-state index in [9.17, 15) is 4.79 Å². The number of rotatable bonds is 6. The number of carbonyl (C=O) groups excluding carboxylic acids is 1. The van der Waals surface area contributed by atoms with Crippen LogP contribution in [-0.4, -0.2) is 51.7 Å². The number of anilines is 1. The summed E-state index contributed by atoms with van der Waals surface area (Å²) in [6.45, 7) is 3.58. The molecule has 172 valence electrons. The van der Waals surface area contributed by atoms with Crippen LogP contribution in [0.1, 0.15) is 43.5 Å². The molecule has 1 saturated heterocycles. The summed E-state index contributed by atoms with van der Waals surface area (Å²) in [5.41, 5.74) is 2.72. The first kappa shape index (κ1) is 22.1. The first-order valence-electron chi connectivity index (χ1n) is 11.4. The molecular weight excluding hydrogens is 458 g/mol. The smallest absolute Gasteiger partial charge is 0.409 e. The predicted molar refractivity (Wildman–Crippen MR) is 131 cm³/mol. The third-order valence-corrected chi connectivity index (χ3v) is 7.39. The van der Waals surface area contributed by atoms with Crippen LogP contribution in [0.15, 0.2) is 36.5 Å². The Labute approximate surface area is 202 Å². The Morgan fingerprint density at radius 3 is 2.76 bits per heavy atom. The van der Waals surface area contributed by atoms with Crippen molar-refractivity contribution in [2.24, 2.45) is 0 Å². The maximum Gasteiger partial charge on any atom is 0.409 e. The molecule has 1 N–H and O–H groups in total. The van der Waals surface area contributed by atoms with Crippen molar-refractivity contribution >= 4 is 35.0 Å². The van der Waals surface area contributed by atoms with Crippen LogP contribution in [0.4, 0.5) is 10.7 Å². The number of benzene rings is 1. The first-order chi connectivity index (χ1) is 16.1.